The van der Waals surface area contributed by atoms with Crippen LogP contribution < -0.4 is 5.48 Å². The van der Waals surface area contributed by atoms with Gasteiger partial charge in [0.05, 0.1) is 11.1 Å². The fourth-order valence-electron chi connectivity index (χ4n) is 0.856. The monoisotopic (exact) mass is 189 g/mol. The van der Waals surface area contributed by atoms with Gasteiger partial charge in [-0.1, -0.05) is 17.7 Å². The molecule has 0 aliphatic carbocycles. The highest BCUT2D eigenvalue weighted by atomic mass is 35.5. The second-order valence-corrected chi connectivity index (χ2v) is 2.93. The predicted molar refractivity (Wildman–Crippen MR) is 44.7 cm³/mol. The smallest absolute Gasteiger partial charge is 0.142 e. The molecule has 4 heteroatoms. The Morgan fingerprint density at radius 2 is 2.25 bits per heavy atom. The molecule has 2 nitrogen and oxygen atoms in total. The molecule has 2 N–H and O–H groups in total. The molecular formula is C8H9ClFNO. The molecule has 12 heavy (non-hydrogen) atoms. The second-order valence-electron chi connectivity index (χ2n) is 2.52. The lowest BCUT2D eigenvalue weighted by Crippen LogP contribution is -2.13. The molecule has 0 aromatic heterocycles. The van der Waals surface area contributed by atoms with Crippen LogP contribution >= 0.6 is 11.6 Å². The molecule has 0 aliphatic rings. The number of hydrogen-bond acceptors (Lipinski definition) is 2. The van der Waals surface area contributed by atoms with Gasteiger partial charge in [-0.05, 0) is 24.6 Å². The average Bonchev–Trinajstić information content (AvgIpc) is 2.08. The summed E-state index contributed by atoms with van der Waals surface area (Å²) in [6.07, 6.45) is 0. The summed E-state index contributed by atoms with van der Waals surface area (Å²) in [5.41, 5.74) is 2.67. The number of hydroxylamine groups is 1. The Hall–Kier alpha value is -0.640. The minimum absolute atomic E-state index is 0.0869. The first-order chi connectivity index (χ1) is 5.65. The maximum atomic E-state index is 12.8. The van der Waals surface area contributed by atoms with E-state index in [2.05, 4.69) is 0 Å². The van der Waals surface area contributed by atoms with Crippen LogP contribution in [0.25, 0.3) is 0 Å². The maximum Gasteiger partial charge on any atom is 0.142 e. The molecule has 0 bridgehead atoms. The van der Waals surface area contributed by atoms with Gasteiger partial charge in [-0.3, -0.25) is 0 Å². The average molecular weight is 190 g/mol. The molecule has 0 fully saturated rings. The van der Waals surface area contributed by atoms with Crippen LogP contribution in [0, 0.1) is 5.82 Å². The Labute approximate surface area is 74.9 Å². The van der Waals surface area contributed by atoms with E-state index < -0.39 is 5.82 Å². The van der Waals surface area contributed by atoms with E-state index in [1.165, 1.54) is 12.1 Å². The van der Waals surface area contributed by atoms with E-state index >= 15 is 0 Å². The third kappa shape index (κ3) is 1.94. The second kappa shape index (κ2) is 3.85. The Morgan fingerprint density at radius 1 is 1.58 bits per heavy atom. The van der Waals surface area contributed by atoms with Gasteiger partial charge in [0.25, 0.3) is 0 Å². The van der Waals surface area contributed by atoms with Crippen LogP contribution in [0.5, 0.6) is 0 Å². The van der Waals surface area contributed by atoms with Gasteiger partial charge >= 0.3 is 0 Å². The van der Waals surface area contributed by atoms with Crippen LogP contribution in [0.2, 0.25) is 5.02 Å². The normalized spacial score (nSPS) is 13.0. The number of nitrogens with one attached hydrogen (secondary N) is 1. The van der Waals surface area contributed by atoms with Gasteiger partial charge < -0.3 is 5.21 Å². The van der Waals surface area contributed by atoms with Crippen LogP contribution in [0.15, 0.2) is 18.2 Å². The molecule has 0 amide bonds. The van der Waals surface area contributed by atoms with E-state index in [0.717, 1.165) is 0 Å². The molecule has 1 atom stereocenters. The fraction of sp³-hybridized carbons (Fsp3) is 0.250. The van der Waals surface area contributed by atoms with Crippen LogP contribution in [-0.2, 0) is 0 Å². The first-order valence-electron chi connectivity index (χ1n) is 3.49. The van der Waals surface area contributed by atoms with Gasteiger partial charge in [0, 0.05) is 0 Å². The summed E-state index contributed by atoms with van der Waals surface area (Å²) in [7, 11) is 0. The Balaban J connectivity index is 2.96. The minimum Gasteiger partial charge on any atom is -0.316 e. The Morgan fingerprint density at radius 3 is 2.75 bits per heavy atom. The van der Waals surface area contributed by atoms with Crippen molar-refractivity contribution in [2.24, 2.45) is 0 Å². The van der Waals surface area contributed by atoms with E-state index in [1.54, 1.807) is 13.0 Å². The third-order valence-electron chi connectivity index (χ3n) is 1.64. The van der Waals surface area contributed by atoms with Crippen molar-refractivity contribution in [3.63, 3.8) is 0 Å². The first-order valence-corrected chi connectivity index (χ1v) is 3.87. The van der Waals surface area contributed by atoms with Crippen molar-refractivity contribution in [3.8, 4) is 0 Å². The quantitative estimate of drug-likeness (QED) is 0.701. The summed E-state index contributed by atoms with van der Waals surface area (Å²) in [6, 6.07) is 4.10. The molecule has 0 spiro atoms. The van der Waals surface area contributed by atoms with E-state index in [9.17, 15) is 4.39 Å². The number of halogens is 2. The highest BCUT2D eigenvalue weighted by Gasteiger charge is 2.06. The number of benzene rings is 1. The highest BCUT2D eigenvalue weighted by molar-refractivity contribution is 6.30. The Kier molecular flexibility index (Phi) is 3.03. The summed E-state index contributed by atoms with van der Waals surface area (Å²) < 4.78 is 12.8. The standard InChI is InChI=1S/C8H9ClFNO/c1-5(11-12)6-2-3-7(9)8(10)4-6/h2-5,11-12H,1H3/t5-/m1/s1. The molecule has 0 aliphatic heterocycles. The molecular weight excluding hydrogens is 181 g/mol. The zero-order valence-electron chi connectivity index (χ0n) is 6.51. The molecule has 0 saturated carbocycles. The topological polar surface area (TPSA) is 32.3 Å². The number of rotatable bonds is 2. The minimum atomic E-state index is -0.476. The molecule has 66 valence electrons. The van der Waals surface area contributed by atoms with Crippen LogP contribution in [0.4, 0.5) is 4.39 Å². The van der Waals surface area contributed by atoms with Crippen molar-refractivity contribution in [2.45, 2.75) is 13.0 Å². The van der Waals surface area contributed by atoms with Gasteiger partial charge in [-0.15, -0.1) is 0 Å². The van der Waals surface area contributed by atoms with Crippen LogP contribution in [0.3, 0.4) is 0 Å². The molecule has 1 aromatic carbocycles. The van der Waals surface area contributed by atoms with Gasteiger partial charge in [-0.25, -0.2) is 4.39 Å². The first kappa shape index (κ1) is 9.45. The summed E-state index contributed by atoms with van der Waals surface area (Å²) in [6.45, 7) is 1.71. The predicted octanol–water partition coefficient (Wildman–Crippen LogP) is 2.52. The van der Waals surface area contributed by atoms with E-state index in [1.807, 2.05) is 5.48 Å². The molecule has 0 radical (unpaired) electrons. The van der Waals surface area contributed by atoms with E-state index in [-0.39, 0.29) is 11.1 Å². The lowest BCUT2D eigenvalue weighted by atomic mass is 10.1. The highest BCUT2D eigenvalue weighted by Crippen LogP contribution is 2.19. The van der Waals surface area contributed by atoms with Crippen molar-refractivity contribution in [1.29, 1.82) is 0 Å². The zero-order valence-corrected chi connectivity index (χ0v) is 7.27. The zero-order chi connectivity index (χ0) is 9.14. The summed E-state index contributed by atoms with van der Waals surface area (Å²) >= 11 is 5.47. The molecule has 1 rings (SSSR count). The molecule has 1 aromatic rings. The van der Waals surface area contributed by atoms with Crippen molar-refractivity contribution in [1.82, 2.24) is 5.48 Å². The summed E-state index contributed by atoms with van der Waals surface area (Å²) in [5.74, 6) is -0.476. The fourth-order valence-corrected chi connectivity index (χ4v) is 0.974. The molecule has 0 saturated heterocycles. The largest absolute Gasteiger partial charge is 0.316 e. The SMILES string of the molecule is C[C@@H](NO)c1ccc(Cl)c(F)c1. The van der Waals surface area contributed by atoms with E-state index in [4.69, 9.17) is 16.8 Å². The van der Waals surface area contributed by atoms with Gasteiger partial charge in [0.15, 0.2) is 0 Å². The van der Waals surface area contributed by atoms with Gasteiger partial charge in [0.1, 0.15) is 5.82 Å². The lowest BCUT2D eigenvalue weighted by molar-refractivity contribution is 0.133. The lowest BCUT2D eigenvalue weighted by Gasteiger charge is -2.08. The summed E-state index contributed by atoms with van der Waals surface area (Å²) in [5, 5.41) is 8.63. The van der Waals surface area contributed by atoms with Gasteiger partial charge in [-0.2, -0.15) is 5.48 Å². The van der Waals surface area contributed by atoms with Crippen molar-refractivity contribution < 1.29 is 9.60 Å². The Bertz CT molecular complexity index is 280. The molecule has 0 heterocycles. The summed E-state index contributed by atoms with van der Waals surface area (Å²) in [4.78, 5) is 0. The van der Waals surface area contributed by atoms with Crippen molar-refractivity contribution in [3.05, 3.63) is 34.6 Å². The molecule has 0 unspecified atom stereocenters. The van der Waals surface area contributed by atoms with Crippen LogP contribution in [-0.4, -0.2) is 5.21 Å². The van der Waals surface area contributed by atoms with Gasteiger partial charge in [0.2, 0.25) is 0 Å². The maximum absolute atomic E-state index is 12.8. The van der Waals surface area contributed by atoms with Crippen molar-refractivity contribution >= 4 is 11.6 Å². The van der Waals surface area contributed by atoms with Crippen molar-refractivity contribution in [2.75, 3.05) is 0 Å². The van der Waals surface area contributed by atoms with Crippen LogP contribution in [0.1, 0.15) is 18.5 Å². The number of hydrogen-bond donors (Lipinski definition) is 2. The van der Waals surface area contributed by atoms with E-state index in [0.29, 0.717) is 5.56 Å². The third-order valence-corrected chi connectivity index (χ3v) is 1.94.